The number of nitrogens with one attached hydrogen (secondary N) is 1. The molecule has 2 bridgehead atoms. The third-order valence-corrected chi connectivity index (χ3v) is 3.61. The van der Waals surface area contributed by atoms with Gasteiger partial charge in [-0.2, -0.15) is 0 Å². The van der Waals surface area contributed by atoms with Gasteiger partial charge in [0.2, 0.25) is 0 Å². The van der Waals surface area contributed by atoms with Gasteiger partial charge in [-0.1, -0.05) is 12.7 Å². The van der Waals surface area contributed by atoms with E-state index >= 15 is 0 Å². The van der Waals surface area contributed by atoms with Gasteiger partial charge < -0.3 is 19.9 Å². The molecule has 0 aromatic heterocycles. The monoisotopic (exact) mass is 255 g/mol. The smallest absolute Gasteiger partial charge is 0.407 e. The van der Waals surface area contributed by atoms with Crippen molar-refractivity contribution in [2.24, 2.45) is 5.41 Å². The summed E-state index contributed by atoms with van der Waals surface area (Å²) < 4.78 is 10.4. The number of amides is 1. The van der Waals surface area contributed by atoms with Crippen molar-refractivity contribution < 1.29 is 24.2 Å². The molecule has 6 heteroatoms. The van der Waals surface area contributed by atoms with Crippen molar-refractivity contribution >= 4 is 12.1 Å². The zero-order chi connectivity index (χ0) is 13.4. The molecule has 1 unspecified atom stereocenters. The molecule has 1 atom stereocenters. The number of fused-ring (bicyclic) bond motifs is 1. The van der Waals surface area contributed by atoms with Crippen molar-refractivity contribution in [2.75, 3.05) is 13.2 Å². The highest BCUT2D eigenvalue weighted by molar-refractivity contribution is 5.78. The predicted octanol–water partition coefficient (Wildman–Crippen LogP) is 0.921. The zero-order valence-electron chi connectivity index (χ0n) is 10.3. The fourth-order valence-electron chi connectivity index (χ4n) is 2.94. The van der Waals surface area contributed by atoms with Gasteiger partial charge in [-0.3, -0.25) is 4.79 Å². The Morgan fingerprint density at radius 2 is 2.28 bits per heavy atom. The molecule has 6 nitrogen and oxygen atoms in total. The summed E-state index contributed by atoms with van der Waals surface area (Å²) in [7, 11) is 0. The molecule has 0 aromatic carbocycles. The SMILES string of the molecule is C=CCOC(=O)NCC1OC2(C)CC1(C(=O)O)C2. The molecule has 2 aliphatic heterocycles. The Bertz CT molecular complexity index is 386. The van der Waals surface area contributed by atoms with E-state index < -0.39 is 23.6 Å². The van der Waals surface area contributed by atoms with Gasteiger partial charge in [0.1, 0.15) is 12.0 Å². The number of hydrogen-bond acceptors (Lipinski definition) is 4. The lowest BCUT2D eigenvalue weighted by atomic mass is 9.60. The molecule has 3 rings (SSSR count). The molecule has 2 saturated heterocycles. The fraction of sp³-hybridized carbons (Fsp3) is 0.667. The van der Waals surface area contributed by atoms with Crippen LogP contribution >= 0.6 is 0 Å². The molecule has 100 valence electrons. The minimum Gasteiger partial charge on any atom is -0.481 e. The number of carboxylic acid groups (broad SMARTS) is 1. The second-order valence-corrected chi connectivity index (χ2v) is 5.14. The number of ether oxygens (including phenoxy) is 2. The van der Waals surface area contributed by atoms with Gasteiger partial charge in [0.25, 0.3) is 0 Å². The number of rotatable bonds is 5. The van der Waals surface area contributed by atoms with E-state index in [1.165, 1.54) is 6.08 Å². The summed E-state index contributed by atoms with van der Waals surface area (Å²) in [5.41, 5.74) is -1.20. The van der Waals surface area contributed by atoms with E-state index in [4.69, 9.17) is 9.47 Å². The third-order valence-electron chi connectivity index (χ3n) is 3.61. The van der Waals surface area contributed by atoms with Gasteiger partial charge in [-0.25, -0.2) is 4.79 Å². The molecular formula is C12H17NO5. The Morgan fingerprint density at radius 1 is 1.61 bits per heavy atom. The molecule has 0 radical (unpaired) electrons. The van der Waals surface area contributed by atoms with E-state index in [1.54, 1.807) is 0 Å². The summed E-state index contributed by atoms with van der Waals surface area (Å²) in [4.78, 5) is 22.5. The van der Waals surface area contributed by atoms with E-state index in [2.05, 4.69) is 11.9 Å². The lowest BCUT2D eigenvalue weighted by Gasteiger charge is -2.39. The minimum atomic E-state index is -0.858. The van der Waals surface area contributed by atoms with Gasteiger partial charge in [-0.05, 0) is 19.8 Å². The Morgan fingerprint density at radius 3 is 2.83 bits per heavy atom. The standard InChI is InChI=1S/C12H17NO5/c1-3-4-17-10(16)13-5-8-12(9(14)15)6-11(2,7-12)18-8/h3,8H,1,4-7H2,2H3,(H,13,16)(H,14,15). The first kappa shape index (κ1) is 12.9. The van der Waals surface area contributed by atoms with Crippen LogP contribution in [-0.4, -0.2) is 42.0 Å². The van der Waals surface area contributed by atoms with Gasteiger partial charge in [0.15, 0.2) is 0 Å². The summed E-state index contributed by atoms with van der Waals surface area (Å²) in [5, 5.41) is 11.8. The molecule has 1 amide bonds. The molecule has 2 heterocycles. The molecule has 0 aromatic rings. The van der Waals surface area contributed by atoms with E-state index in [0.717, 1.165) is 0 Å². The average molecular weight is 255 g/mol. The Kier molecular flexibility index (Phi) is 3.06. The van der Waals surface area contributed by atoms with Gasteiger partial charge in [-0.15, -0.1) is 0 Å². The Balaban J connectivity index is 1.88. The van der Waals surface area contributed by atoms with Crippen LogP contribution in [-0.2, 0) is 14.3 Å². The third kappa shape index (κ3) is 1.96. The molecule has 1 aliphatic carbocycles. The van der Waals surface area contributed by atoms with Crippen LogP contribution in [0.1, 0.15) is 19.8 Å². The van der Waals surface area contributed by atoms with Gasteiger partial charge >= 0.3 is 12.1 Å². The molecule has 2 N–H and O–H groups in total. The largest absolute Gasteiger partial charge is 0.481 e. The second-order valence-electron chi connectivity index (χ2n) is 5.14. The average Bonchev–Trinajstić information content (AvgIpc) is 2.72. The van der Waals surface area contributed by atoms with Crippen molar-refractivity contribution in [1.29, 1.82) is 0 Å². The van der Waals surface area contributed by atoms with Crippen molar-refractivity contribution in [3.05, 3.63) is 12.7 Å². The van der Waals surface area contributed by atoms with E-state index in [1.807, 2.05) is 6.92 Å². The quantitative estimate of drug-likeness (QED) is 0.713. The summed E-state index contributed by atoms with van der Waals surface area (Å²) in [6.07, 6.45) is 1.39. The summed E-state index contributed by atoms with van der Waals surface area (Å²) in [6.45, 7) is 5.59. The fourth-order valence-corrected chi connectivity index (χ4v) is 2.94. The van der Waals surface area contributed by atoms with Crippen LogP contribution in [0.4, 0.5) is 4.79 Å². The first-order valence-electron chi connectivity index (χ1n) is 5.85. The van der Waals surface area contributed by atoms with Crippen LogP contribution in [0.5, 0.6) is 0 Å². The van der Waals surface area contributed by atoms with Crippen molar-refractivity contribution in [2.45, 2.75) is 31.5 Å². The molecule has 18 heavy (non-hydrogen) atoms. The van der Waals surface area contributed by atoms with E-state index in [0.29, 0.717) is 12.8 Å². The maximum Gasteiger partial charge on any atom is 0.407 e. The highest BCUT2D eigenvalue weighted by Gasteiger charge is 2.69. The van der Waals surface area contributed by atoms with Crippen molar-refractivity contribution in [1.82, 2.24) is 5.32 Å². The highest BCUT2D eigenvalue weighted by atomic mass is 16.6. The highest BCUT2D eigenvalue weighted by Crippen LogP contribution is 2.61. The summed E-state index contributed by atoms with van der Waals surface area (Å²) >= 11 is 0. The number of carbonyl (C=O) groups excluding carboxylic acids is 1. The van der Waals surface area contributed by atoms with Crippen LogP contribution in [0.15, 0.2) is 12.7 Å². The van der Waals surface area contributed by atoms with Crippen molar-refractivity contribution in [3.8, 4) is 0 Å². The van der Waals surface area contributed by atoms with E-state index in [9.17, 15) is 14.7 Å². The van der Waals surface area contributed by atoms with Crippen LogP contribution in [0.3, 0.4) is 0 Å². The molecular weight excluding hydrogens is 238 g/mol. The number of carbonyl (C=O) groups is 2. The summed E-state index contributed by atoms with van der Waals surface area (Å²) in [6, 6.07) is 0. The number of carboxylic acids is 1. The van der Waals surface area contributed by atoms with Crippen LogP contribution in [0.2, 0.25) is 0 Å². The maximum atomic E-state index is 11.3. The lowest BCUT2D eigenvalue weighted by Crippen LogP contribution is -2.50. The lowest BCUT2D eigenvalue weighted by molar-refractivity contribution is -0.154. The van der Waals surface area contributed by atoms with Gasteiger partial charge in [0.05, 0.1) is 11.7 Å². The molecule has 3 aliphatic rings. The number of alkyl carbamates (subject to hydrolysis) is 1. The van der Waals surface area contributed by atoms with Gasteiger partial charge in [0, 0.05) is 6.54 Å². The second kappa shape index (κ2) is 4.28. The van der Waals surface area contributed by atoms with E-state index in [-0.39, 0.29) is 18.8 Å². The normalized spacial score (nSPS) is 36.6. The Labute approximate surface area is 105 Å². The van der Waals surface area contributed by atoms with Crippen molar-refractivity contribution in [3.63, 3.8) is 0 Å². The van der Waals surface area contributed by atoms with Crippen LogP contribution in [0, 0.1) is 5.41 Å². The maximum absolute atomic E-state index is 11.3. The van der Waals surface area contributed by atoms with Crippen LogP contribution < -0.4 is 5.32 Å². The topological polar surface area (TPSA) is 84.9 Å². The van der Waals surface area contributed by atoms with Crippen LogP contribution in [0.25, 0.3) is 0 Å². The first-order valence-corrected chi connectivity index (χ1v) is 5.85. The molecule has 3 fully saturated rings. The summed E-state index contributed by atoms with van der Waals surface area (Å²) in [5.74, 6) is -0.858. The first-order chi connectivity index (χ1) is 8.42. The predicted molar refractivity (Wildman–Crippen MR) is 62.1 cm³/mol. The Hall–Kier alpha value is -1.56. The zero-order valence-corrected chi connectivity index (χ0v) is 10.3. The number of aliphatic carboxylic acids is 1. The minimum absolute atomic E-state index is 0.124. The molecule has 0 spiro atoms. The molecule has 1 saturated carbocycles. The number of hydrogen-bond donors (Lipinski definition) is 2.